The van der Waals surface area contributed by atoms with Crippen molar-refractivity contribution in [2.45, 2.75) is 83.1 Å². The van der Waals surface area contributed by atoms with E-state index < -0.39 is 5.60 Å². The molecule has 2 fully saturated rings. The molecule has 0 aromatic heterocycles. The van der Waals surface area contributed by atoms with Crippen molar-refractivity contribution in [2.75, 3.05) is 11.9 Å². The first kappa shape index (κ1) is 19.9. The van der Waals surface area contributed by atoms with E-state index in [1.807, 2.05) is 25.7 Å². The molecule has 158 valence electrons. The van der Waals surface area contributed by atoms with Gasteiger partial charge in [0.25, 0.3) is 0 Å². The van der Waals surface area contributed by atoms with Gasteiger partial charge < -0.3 is 20.1 Å². The highest BCUT2D eigenvalue weighted by molar-refractivity contribution is 5.72. The molecule has 2 heterocycles. The van der Waals surface area contributed by atoms with E-state index in [-0.39, 0.29) is 24.3 Å². The van der Waals surface area contributed by atoms with Crippen LogP contribution in [0.3, 0.4) is 0 Å². The summed E-state index contributed by atoms with van der Waals surface area (Å²) in [4.78, 5) is 25.7. The van der Waals surface area contributed by atoms with Gasteiger partial charge in [-0.3, -0.25) is 4.90 Å². The van der Waals surface area contributed by atoms with Crippen LogP contribution in [0.1, 0.15) is 57.6 Å². The monoisotopic (exact) mass is 401 g/mol. The van der Waals surface area contributed by atoms with E-state index in [1.165, 1.54) is 16.8 Å². The molecule has 1 atom stereocenters. The number of benzene rings is 1. The van der Waals surface area contributed by atoms with E-state index in [0.29, 0.717) is 19.2 Å². The molecule has 7 heteroatoms. The molecule has 1 aromatic rings. The highest BCUT2D eigenvalue weighted by Gasteiger charge is 2.37. The largest absolute Gasteiger partial charge is 0.447 e. The number of cyclic esters (lactones) is 1. The van der Waals surface area contributed by atoms with E-state index in [9.17, 15) is 9.59 Å². The van der Waals surface area contributed by atoms with Crippen LogP contribution in [0.25, 0.3) is 0 Å². The zero-order valence-corrected chi connectivity index (χ0v) is 17.5. The molecule has 0 spiro atoms. The van der Waals surface area contributed by atoms with E-state index in [0.717, 1.165) is 32.1 Å². The fourth-order valence-electron chi connectivity index (χ4n) is 4.51. The Labute approximate surface area is 172 Å². The van der Waals surface area contributed by atoms with Crippen LogP contribution < -0.4 is 10.6 Å². The van der Waals surface area contributed by atoms with Gasteiger partial charge in [0.1, 0.15) is 12.2 Å². The van der Waals surface area contributed by atoms with Gasteiger partial charge in [0.2, 0.25) is 0 Å². The molecule has 1 aliphatic carbocycles. The van der Waals surface area contributed by atoms with Crippen LogP contribution in [-0.4, -0.2) is 47.4 Å². The third kappa shape index (κ3) is 4.60. The summed E-state index contributed by atoms with van der Waals surface area (Å²) in [5.74, 6) is 0. The summed E-state index contributed by atoms with van der Waals surface area (Å²) in [6.07, 6.45) is 4.18. The molecule has 7 nitrogen and oxygen atoms in total. The van der Waals surface area contributed by atoms with Crippen LogP contribution in [0.15, 0.2) is 18.2 Å². The molecule has 1 aromatic carbocycles. The predicted octanol–water partition coefficient (Wildman–Crippen LogP) is 3.81. The molecule has 2 N–H and O–H groups in total. The molecule has 0 unspecified atom stereocenters. The van der Waals surface area contributed by atoms with Gasteiger partial charge in [-0.1, -0.05) is 12.1 Å². The number of carbonyl (C=O) groups excluding carboxylic acids is 2. The molecule has 1 saturated carbocycles. The third-order valence-electron chi connectivity index (χ3n) is 5.94. The number of hydrogen-bond acceptors (Lipinski definition) is 5. The van der Waals surface area contributed by atoms with Crippen LogP contribution in [0.4, 0.5) is 15.3 Å². The van der Waals surface area contributed by atoms with Gasteiger partial charge in [0.15, 0.2) is 0 Å². The Morgan fingerprint density at radius 2 is 1.90 bits per heavy atom. The molecule has 2 aliphatic heterocycles. The Bertz CT molecular complexity index is 781. The van der Waals surface area contributed by atoms with Gasteiger partial charge in [0, 0.05) is 24.3 Å². The van der Waals surface area contributed by atoms with Gasteiger partial charge in [-0.25, -0.2) is 9.59 Å². The lowest BCUT2D eigenvalue weighted by Gasteiger charge is -2.34. The number of nitrogens with one attached hydrogen (secondary N) is 2. The van der Waals surface area contributed by atoms with Crippen LogP contribution in [-0.2, 0) is 22.4 Å². The van der Waals surface area contributed by atoms with E-state index in [2.05, 4.69) is 28.8 Å². The number of nitrogens with zero attached hydrogens (tertiary/aromatic N) is 1. The smallest absolute Gasteiger partial charge is 0.410 e. The highest BCUT2D eigenvalue weighted by atomic mass is 16.6. The fraction of sp³-hybridized carbons (Fsp3) is 0.636. The van der Waals surface area contributed by atoms with Gasteiger partial charge in [-0.05, 0) is 70.1 Å². The number of alkyl carbamates (subject to hydrolysis) is 1. The molecule has 29 heavy (non-hydrogen) atoms. The number of hydrogen-bond donors (Lipinski definition) is 2. The first-order valence-electron chi connectivity index (χ1n) is 10.6. The minimum atomic E-state index is -0.472. The number of fused-ring (bicyclic) bond motifs is 2. The fourth-order valence-corrected chi connectivity index (χ4v) is 4.51. The SMILES string of the molecule is CC(C)(C)OC(=O)NC1CCC(Nc2cccc3c2C[C@@H]2COC(=O)N2C3)CC1. The molecule has 2 amide bonds. The second-order valence-corrected chi connectivity index (χ2v) is 9.35. The summed E-state index contributed by atoms with van der Waals surface area (Å²) in [5, 5.41) is 6.72. The summed E-state index contributed by atoms with van der Waals surface area (Å²) < 4.78 is 10.6. The molecule has 0 radical (unpaired) electrons. The van der Waals surface area contributed by atoms with Crippen molar-refractivity contribution in [2.24, 2.45) is 0 Å². The summed E-state index contributed by atoms with van der Waals surface area (Å²) in [5.41, 5.74) is 3.20. The number of rotatable bonds is 3. The molecule has 0 bridgehead atoms. The number of anilines is 1. The Morgan fingerprint density at radius 1 is 1.17 bits per heavy atom. The zero-order chi connectivity index (χ0) is 20.6. The molecule has 4 rings (SSSR count). The number of ether oxygens (including phenoxy) is 2. The Hall–Kier alpha value is -2.44. The van der Waals surface area contributed by atoms with Gasteiger partial charge >= 0.3 is 12.2 Å². The van der Waals surface area contributed by atoms with Gasteiger partial charge in [-0.2, -0.15) is 0 Å². The molecule has 1 saturated heterocycles. The Balaban J connectivity index is 1.33. The zero-order valence-electron chi connectivity index (χ0n) is 17.5. The highest BCUT2D eigenvalue weighted by Crippen LogP contribution is 2.33. The maximum absolute atomic E-state index is 12.0. The van der Waals surface area contributed by atoms with Crippen LogP contribution in [0.2, 0.25) is 0 Å². The quantitative estimate of drug-likeness (QED) is 0.805. The summed E-state index contributed by atoms with van der Waals surface area (Å²) in [6.45, 7) is 6.73. The van der Waals surface area contributed by atoms with E-state index >= 15 is 0 Å². The number of carbonyl (C=O) groups is 2. The minimum absolute atomic E-state index is 0.145. The third-order valence-corrected chi connectivity index (χ3v) is 5.94. The maximum atomic E-state index is 12.0. The normalized spacial score (nSPS) is 26.2. The van der Waals surface area contributed by atoms with Crippen molar-refractivity contribution in [1.82, 2.24) is 10.2 Å². The number of amides is 2. The minimum Gasteiger partial charge on any atom is -0.447 e. The van der Waals surface area contributed by atoms with Crippen LogP contribution in [0, 0.1) is 0 Å². The molecule has 3 aliphatic rings. The van der Waals surface area contributed by atoms with Crippen LogP contribution in [0.5, 0.6) is 0 Å². The first-order chi connectivity index (χ1) is 13.8. The van der Waals surface area contributed by atoms with Crippen molar-refractivity contribution >= 4 is 17.9 Å². The topological polar surface area (TPSA) is 79.9 Å². The second kappa shape index (κ2) is 7.76. The van der Waals surface area contributed by atoms with Crippen molar-refractivity contribution in [3.05, 3.63) is 29.3 Å². The maximum Gasteiger partial charge on any atom is 0.410 e. The lowest BCUT2D eigenvalue weighted by Crippen LogP contribution is -2.42. The average Bonchev–Trinajstić information content (AvgIpc) is 3.01. The van der Waals surface area contributed by atoms with Gasteiger partial charge in [0.05, 0.1) is 6.04 Å². The van der Waals surface area contributed by atoms with Crippen molar-refractivity contribution in [3.63, 3.8) is 0 Å². The predicted molar refractivity (Wildman–Crippen MR) is 110 cm³/mol. The van der Waals surface area contributed by atoms with Gasteiger partial charge in [-0.15, -0.1) is 0 Å². The van der Waals surface area contributed by atoms with Crippen molar-refractivity contribution in [3.8, 4) is 0 Å². The lowest BCUT2D eigenvalue weighted by molar-refractivity contribution is 0.0492. The first-order valence-corrected chi connectivity index (χ1v) is 10.6. The molecular formula is C22H31N3O4. The lowest BCUT2D eigenvalue weighted by atomic mass is 9.89. The van der Waals surface area contributed by atoms with Crippen LogP contribution >= 0.6 is 0 Å². The van der Waals surface area contributed by atoms with Crippen molar-refractivity contribution in [1.29, 1.82) is 0 Å². The second-order valence-electron chi connectivity index (χ2n) is 9.35. The standard InChI is InChI=1S/C22H31N3O4/c1-22(2,3)29-20(26)24-16-9-7-15(8-10-16)23-19-6-4-5-14-12-25-17(11-18(14)19)13-28-21(25)27/h4-6,15-17,23H,7-13H2,1-3H3,(H,24,26)/t15?,16?,17-/m1/s1. The van der Waals surface area contributed by atoms with Crippen molar-refractivity contribution < 1.29 is 19.1 Å². The van der Waals surface area contributed by atoms with E-state index in [1.54, 1.807) is 0 Å². The summed E-state index contributed by atoms with van der Waals surface area (Å²) in [6, 6.07) is 6.99. The summed E-state index contributed by atoms with van der Waals surface area (Å²) >= 11 is 0. The molecular weight excluding hydrogens is 370 g/mol. The Morgan fingerprint density at radius 3 is 2.62 bits per heavy atom. The van der Waals surface area contributed by atoms with E-state index in [4.69, 9.17) is 9.47 Å². The summed E-state index contributed by atoms with van der Waals surface area (Å²) in [7, 11) is 0. The average molecular weight is 402 g/mol. The Kier molecular flexibility index (Phi) is 5.32.